The molecule has 1 fully saturated rings. The predicted octanol–water partition coefficient (Wildman–Crippen LogP) is 0.842. The van der Waals surface area contributed by atoms with Gasteiger partial charge >= 0.3 is 13.1 Å². The number of carbonyl (C=O) groups is 3. The minimum Gasteiger partial charge on any atom is -0.466 e. The molecule has 0 saturated carbocycles. The van der Waals surface area contributed by atoms with Gasteiger partial charge in [-0.15, -0.1) is 0 Å². The standard InChI is InChI=1S/C21H31BN2O6/c1-6-28-18(26)12-11-17(25)24-16(19(23)27)13-14-7-9-15(10-8-14)22-29-20(2,3)21(4,5)30-22/h7-10,16H,6,11-13H2,1-5H3,(H2,23,27)(H,24,25)/t16-/m0/s1. The third-order valence-corrected chi connectivity index (χ3v) is 5.49. The van der Waals surface area contributed by atoms with Gasteiger partial charge in [0.05, 0.1) is 24.2 Å². The molecule has 1 atom stereocenters. The van der Waals surface area contributed by atoms with E-state index in [1.165, 1.54) is 0 Å². The van der Waals surface area contributed by atoms with E-state index in [9.17, 15) is 14.4 Å². The van der Waals surface area contributed by atoms with Gasteiger partial charge in [-0.2, -0.15) is 0 Å². The number of rotatable bonds is 9. The number of amides is 2. The van der Waals surface area contributed by atoms with Crippen molar-refractivity contribution in [1.82, 2.24) is 5.32 Å². The van der Waals surface area contributed by atoms with Gasteiger partial charge < -0.3 is 25.1 Å². The van der Waals surface area contributed by atoms with Gasteiger partial charge in [0.15, 0.2) is 0 Å². The number of esters is 1. The molecular formula is C21H31BN2O6. The maximum Gasteiger partial charge on any atom is 0.494 e. The molecular weight excluding hydrogens is 387 g/mol. The Morgan fingerprint density at radius 2 is 1.63 bits per heavy atom. The van der Waals surface area contributed by atoms with E-state index >= 15 is 0 Å². The second-order valence-electron chi connectivity index (χ2n) is 8.36. The zero-order valence-corrected chi connectivity index (χ0v) is 18.3. The molecule has 3 N–H and O–H groups in total. The lowest BCUT2D eigenvalue weighted by molar-refractivity contribution is -0.144. The Kier molecular flexibility index (Phi) is 7.66. The van der Waals surface area contributed by atoms with Gasteiger partial charge in [-0.1, -0.05) is 24.3 Å². The van der Waals surface area contributed by atoms with E-state index in [-0.39, 0.29) is 25.9 Å². The van der Waals surface area contributed by atoms with Crippen molar-refractivity contribution in [3.63, 3.8) is 0 Å². The van der Waals surface area contributed by atoms with Crippen molar-refractivity contribution in [2.45, 2.75) is 71.1 Å². The second kappa shape index (κ2) is 9.62. The molecule has 2 amide bonds. The zero-order valence-electron chi connectivity index (χ0n) is 18.3. The van der Waals surface area contributed by atoms with Crippen molar-refractivity contribution in [1.29, 1.82) is 0 Å². The highest BCUT2D eigenvalue weighted by molar-refractivity contribution is 6.62. The maximum absolute atomic E-state index is 12.0. The van der Waals surface area contributed by atoms with Crippen LogP contribution in [0.25, 0.3) is 0 Å². The molecule has 1 heterocycles. The van der Waals surface area contributed by atoms with Crippen LogP contribution < -0.4 is 16.5 Å². The minimum atomic E-state index is -0.873. The van der Waals surface area contributed by atoms with Crippen molar-refractivity contribution in [3.05, 3.63) is 29.8 Å². The summed E-state index contributed by atoms with van der Waals surface area (Å²) in [4.78, 5) is 35.2. The number of hydrogen-bond donors (Lipinski definition) is 2. The number of primary amides is 1. The first-order valence-electron chi connectivity index (χ1n) is 10.1. The van der Waals surface area contributed by atoms with E-state index < -0.39 is 42.1 Å². The van der Waals surface area contributed by atoms with Crippen LogP contribution in [0.5, 0.6) is 0 Å². The normalized spacial score (nSPS) is 18.0. The van der Waals surface area contributed by atoms with Gasteiger partial charge in [-0.05, 0) is 45.6 Å². The van der Waals surface area contributed by atoms with Crippen LogP contribution in [-0.2, 0) is 34.9 Å². The van der Waals surface area contributed by atoms with Gasteiger partial charge in [0.25, 0.3) is 0 Å². The number of ether oxygens (including phenoxy) is 1. The lowest BCUT2D eigenvalue weighted by Gasteiger charge is -2.32. The summed E-state index contributed by atoms with van der Waals surface area (Å²) in [5, 5.41) is 2.58. The molecule has 1 saturated heterocycles. The Morgan fingerprint density at radius 1 is 1.07 bits per heavy atom. The Labute approximate surface area is 178 Å². The summed E-state index contributed by atoms with van der Waals surface area (Å²) in [5.74, 6) is -1.53. The monoisotopic (exact) mass is 418 g/mol. The Bertz CT molecular complexity index is 762. The van der Waals surface area contributed by atoms with Gasteiger partial charge in [-0.25, -0.2) is 0 Å². The molecule has 0 unspecified atom stereocenters. The molecule has 8 nitrogen and oxygen atoms in total. The average Bonchev–Trinajstić information content (AvgIpc) is 2.87. The van der Waals surface area contributed by atoms with Crippen LogP contribution in [0, 0.1) is 0 Å². The quantitative estimate of drug-likeness (QED) is 0.454. The second-order valence-corrected chi connectivity index (χ2v) is 8.36. The summed E-state index contributed by atoms with van der Waals surface area (Å²) in [7, 11) is -0.474. The van der Waals surface area contributed by atoms with Crippen molar-refractivity contribution in [2.75, 3.05) is 6.61 Å². The fraction of sp³-hybridized carbons (Fsp3) is 0.571. The molecule has 0 radical (unpaired) electrons. The minimum absolute atomic E-state index is 0.0477. The van der Waals surface area contributed by atoms with Crippen LogP contribution in [0.3, 0.4) is 0 Å². The number of benzene rings is 1. The van der Waals surface area contributed by atoms with Crippen molar-refractivity contribution >= 4 is 30.4 Å². The molecule has 9 heteroatoms. The molecule has 1 aromatic rings. The topological polar surface area (TPSA) is 117 Å². The van der Waals surface area contributed by atoms with Crippen LogP contribution >= 0.6 is 0 Å². The van der Waals surface area contributed by atoms with Gasteiger partial charge in [0.1, 0.15) is 6.04 Å². The SMILES string of the molecule is CCOC(=O)CCC(=O)N[C@@H](Cc1ccc(B2OC(C)(C)C(C)(C)O2)cc1)C(N)=O. The first-order chi connectivity index (χ1) is 13.9. The fourth-order valence-electron chi connectivity index (χ4n) is 2.96. The molecule has 1 aromatic carbocycles. The predicted molar refractivity (Wildman–Crippen MR) is 113 cm³/mol. The van der Waals surface area contributed by atoms with E-state index in [1.54, 1.807) is 6.92 Å². The number of carbonyl (C=O) groups excluding carboxylic acids is 3. The zero-order chi connectivity index (χ0) is 22.5. The van der Waals surface area contributed by atoms with Crippen LogP contribution in [-0.4, -0.2) is 48.8 Å². The van der Waals surface area contributed by atoms with Gasteiger partial charge in [0.2, 0.25) is 11.8 Å². The van der Waals surface area contributed by atoms with E-state index in [0.29, 0.717) is 0 Å². The number of nitrogens with one attached hydrogen (secondary N) is 1. The molecule has 1 aliphatic rings. The highest BCUT2D eigenvalue weighted by Crippen LogP contribution is 2.36. The molecule has 1 aliphatic heterocycles. The van der Waals surface area contributed by atoms with Crippen LogP contribution in [0.1, 0.15) is 53.0 Å². The van der Waals surface area contributed by atoms with Crippen molar-refractivity contribution < 1.29 is 28.4 Å². The van der Waals surface area contributed by atoms with Crippen LogP contribution in [0.15, 0.2) is 24.3 Å². The third kappa shape index (κ3) is 6.06. The van der Waals surface area contributed by atoms with Crippen LogP contribution in [0.4, 0.5) is 0 Å². The highest BCUT2D eigenvalue weighted by atomic mass is 16.7. The highest BCUT2D eigenvalue weighted by Gasteiger charge is 2.51. The van der Waals surface area contributed by atoms with E-state index in [1.807, 2.05) is 52.0 Å². The molecule has 164 valence electrons. The lowest BCUT2D eigenvalue weighted by Crippen LogP contribution is -2.46. The first-order valence-corrected chi connectivity index (χ1v) is 10.1. The van der Waals surface area contributed by atoms with Gasteiger partial charge in [-0.3, -0.25) is 14.4 Å². The molecule has 0 aromatic heterocycles. The average molecular weight is 418 g/mol. The maximum atomic E-state index is 12.0. The third-order valence-electron chi connectivity index (χ3n) is 5.49. The van der Waals surface area contributed by atoms with E-state index in [0.717, 1.165) is 11.0 Å². The van der Waals surface area contributed by atoms with Crippen LogP contribution in [0.2, 0.25) is 0 Å². The summed E-state index contributed by atoms with van der Waals surface area (Å²) in [6.45, 7) is 9.91. The van der Waals surface area contributed by atoms with Crippen molar-refractivity contribution in [2.24, 2.45) is 5.73 Å². The smallest absolute Gasteiger partial charge is 0.466 e. The summed E-state index contributed by atoms with van der Waals surface area (Å²) in [5.41, 5.74) is 6.27. The summed E-state index contributed by atoms with van der Waals surface area (Å²) in [6.07, 6.45) is 0.127. The Morgan fingerprint density at radius 3 is 2.13 bits per heavy atom. The van der Waals surface area contributed by atoms with Gasteiger partial charge in [0, 0.05) is 12.8 Å². The van der Waals surface area contributed by atoms with Crippen molar-refractivity contribution in [3.8, 4) is 0 Å². The number of nitrogens with two attached hydrogens (primary N) is 1. The van der Waals surface area contributed by atoms with E-state index in [4.69, 9.17) is 19.8 Å². The molecule has 30 heavy (non-hydrogen) atoms. The Hall–Kier alpha value is -2.39. The molecule has 0 bridgehead atoms. The lowest BCUT2D eigenvalue weighted by atomic mass is 9.78. The fourth-order valence-corrected chi connectivity index (χ4v) is 2.96. The summed E-state index contributed by atoms with van der Waals surface area (Å²) >= 11 is 0. The molecule has 0 spiro atoms. The summed E-state index contributed by atoms with van der Waals surface area (Å²) in [6, 6.07) is 6.57. The summed E-state index contributed by atoms with van der Waals surface area (Å²) < 4.78 is 16.9. The number of hydrogen-bond acceptors (Lipinski definition) is 6. The largest absolute Gasteiger partial charge is 0.494 e. The molecule has 2 rings (SSSR count). The molecule has 0 aliphatic carbocycles. The Balaban J connectivity index is 1.96. The van der Waals surface area contributed by atoms with E-state index in [2.05, 4.69) is 5.32 Å². The first kappa shape index (κ1) is 23.9.